The minimum Gasteiger partial charge on any atom is -0.396 e. The van der Waals surface area contributed by atoms with Crippen LogP contribution in [-0.2, 0) is 6.42 Å². The molecule has 0 saturated carbocycles. The Labute approximate surface area is 121 Å². The highest BCUT2D eigenvalue weighted by Crippen LogP contribution is 2.12. The fourth-order valence-corrected chi connectivity index (χ4v) is 1.98. The van der Waals surface area contributed by atoms with E-state index < -0.39 is 0 Å². The molecule has 1 aromatic carbocycles. The standard InChI is InChI=1S/C14H15ClFN3O/c15-13-7-17-8-14(19-13)18-6-11(9-20)5-10-1-3-12(16)4-2-10/h1-4,7-8,11,20H,5-6,9H2,(H,18,19)/t11-/m1/s1. The zero-order chi connectivity index (χ0) is 14.4. The third kappa shape index (κ3) is 4.43. The molecule has 1 aromatic heterocycles. The van der Waals surface area contributed by atoms with Gasteiger partial charge in [-0.2, -0.15) is 0 Å². The van der Waals surface area contributed by atoms with E-state index in [0.717, 1.165) is 5.56 Å². The molecule has 6 heteroatoms. The van der Waals surface area contributed by atoms with Gasteiger partial charge in [-0.3, -0.25) is 4.98 Å². The first kappa shape index (κ1) is 14.7. The molecule has 0 bridgehead atoms. The first-order valence-electron chi connectivity index (χ1n) is 6.24. The Bertz CT molecular complexity index is 550. The molecule has 1 heterocycles. The number of aliphatic hydroxyl groups excluding tert-OH is 1. The molecule has 0 unspecified atom stereocenters. The van der Waals surface area contributed by atoms with Crippen LogP contribution in [0.15, 0.2) is 36.7 Å². The second kappa shape index (κ2) is 7.17. The van der Waals surface area contributed by atoms with E-state index in [1.807, 2.05) is 0 Å². The van der Waals surface area contributed by atoms with Gasteiger partial charge in [-0.05, 0) is 24.1 Å². The molecule has 106 valence electrons. The van der Waals surface area contributed by atoms with Crippen molar-refractivity contribution in [2.45, 2.75) is 6.42 Å². The number of hydrogen-bond acceptors (Lipinski definition) is 4. The average molecular weight is 296 g/mol. The van der Waals surface area contributed by atoms with E-state index in [4.69, 9.17) is 11.6 Å². The molecule has 0 aliphatic carbocycles. The van der Waals surface area contributed by atoms with Crippen molar-refractivity contribution < 1.29 is 9.50 Å². The van der Waals surface area contributed by atoms with Crippen LogP contribution in [0.3, 0.4) is 0 Å². The molecule has 0 radical (unpaired) electrons. The van der Waals surface area contributed by atoms with Gasteiger partial charge < -0.3 is 10.4 Å². The number of rotatable bonds is 6. The lowest BCUT2D eigenvalue weighted by molar-refractivity contribution is 0.232. The second-order valence-electron chi connectivity index (χ2n) is 4.49. The van der Waals surface area contributed by atoms with Crippen LogP contribution in [0.25, 0.3) is 0 Å². The molecule has 2 rings (SSSR count). The molecular formula is C14H15ClFN3O. The summed E-state index contributed by atoms with van der Waals surface area (Å²) in [6.07, 6.45) is 3.67. The lowest BCUT2D eigenvalue weighted by Gasteiger charge is -2.15. The minimum atomic E-state index is -0.262. The first-order valence-corrected chi connectivity index (χ1v) is 6.62. The van der Waals surface area contributed by atoms with Crippen molar-refractivity contribution in [2.75, 3.05) is 18.5 Å². The number of benzene rings is 1. The number of halogens is 2. The van der Waals surface area contributed by atoms with Crippen molar-refractivity contribution >= 4 is 17.4 Å². The van der Waals surface area contributed by atoms with Gasteiger partial charge in [0.15, 0.2) is 0 Å². The fraction of sp³-hybridized carbons (Fsp3) is 0.286. The number of aromatic nitrogens is 2. The van der Waals surface area contributed by atoms with Gasteiger partial charge in [-0.25, -0.2) is 9.37 Å². The van der Waals surface area contributed by atoms with Gasteiger partial charge in [0, 0.05) is 19.1 Å². The third-order valence-electron chi connectivity index (χ3n) is 2.87. The van der Waals surface area contributed by atoms with E-state index in [1.165, 1.54) is 18.3 Å². The number of aliphatic hydroxyl groups is 1. The molecule has 2 N–H and O–H groups in total. The monoisotopic (exact) mass is 295 g/mol. The van der Waals surface area contributed by atoms with Crippen molar-refractivity contribution in [3.8, 4) is 0 Å². The third-order valence-corrected chi connectivity index (χ3v) is 3.05. The smallest absolute Gasteiger partial charge is 0.149 e. The van der Waals surface area contributed by atoms with Crippen LogP contribution >= 0.6 is 11.6 Å². The van der Waals surface area contributed by atoms with Crippen molar-refractivity contribution in [1.82, 2.24) is 9.97 Å². The summed E-state index contributed by atoms with van der Waals surface area (Å²) in [4.78, 5) is 7.98. The Hall–Kier alpha value is -1.72. The quantitative estimate of drug-likeness (QED) is 0.860. The summed E-state index contributed by atoms with van der Waals surface area (Å²) in [6, 6.07) is 6.27. The predicted octanol–water partition coefficient (Wildman–Crippen LogP) is 2.53. The molecule has 0 aliphatic rings. The van der Waals surface area contributed by atoms with Crippen LogP contribution in [0.5, 0.6) is 0 Å². The van der Waals surface area contributed by atoms with Gasteiger partial charge in [0.25, 0.3) is 0 Å². The summed E-state index contributed by atoms with van der Waals surface area (Å²) in [6.45, 7) is 0.557. The molecular weight excluding hydrogens is 281 g/mol. The molecule has 0 saturated heterocycles. The Morgan fingerprint density at radius 2 is 2.00 bits per heavy atom. The number of nitrogens with one attached hydrogen (secondary N) is 1. The Balaban J connectivity index is 1.90. The summed E-state index contributed by atoms with van der Waals surface area (Å²) in [7, 11) is 0. The zero-order valence-corrected chi connectivity index (χ0v) is 11.5. The Morgan fingerprint density at radius 3 is 2.65 bits per heavy atom. The van der Waals surface area contributed by atoms with Gasteiger partial charge in [-0.1, -0.05) is 23.7 Å². The van der Waals surface area contributed by atoms with Gasteiger partial charge >= 0.3 is 0 Å². The highest BCUT2D eigenvalue weighted by molar-refractivity contribution is 6.29. The van der Waals surface area contributed by atoms with E-state index in [0.29, 0.717) is 23.9 Å². The largest absolute Gasteiger partial charge is 0.396 e. The van der Waals surface area contributed by atoms with Crippen LogP contribution in [0, 0.1) is 11.7 Å². The molecule has 20 heavy (non-hydrogen) atoms. The van der Waals surface area contributed by atoms with Crippen molar-refractivity contribution in [1.29, 1.82) is 0 Å². The Kier molecular flexibility index (Phi) is 5.26. The summed E-state index contributed by atoms with van der Waals surface area (Å²) in [5.41, 5.74) is 0.976. The van der Waals surface area contributed by atoms with Crippen LogP contribution in [-0.4, -0.2) is 28.2 Å². The number of nitrogens with zero attached hydrogens (tertiary/aromatic N) is 2. The first-order chi connectivity index (χ1) is 9.67. The summed E-state index contributed by atoms with van der Waals surface area (Å²) in [5.74, 6) is 0.304. The van der Waals surface area contributed by atoms with E-state index in [9.17, 15) is 9.50 Å². The van der Waals surface area contributed by atoms with E-state index in [1.54, 1.807) is 18.3 Å². The summed E-state index contributed by atoms with van der Waals surface area (Å²) < 4.78 is 12.8. The normalized spacial score (nSPS) is 12.2. The zero-order valence-electron chi connectivity index (χ0n) is 10.8. The highest BCUT2D eigenvalue weighted by Gasteiger charge is 2.09. The predicted molar refractivity (Wildman–Crippen MR) is 76.2 cm³/mol. The van der Waals surface area contributed by atoms with Crippen LogP contribution in [0.2, 0.25) is 5.15 Å². The minimum absolute atomic E-state index is 0.00115. The maximum absolute atomic E-state index is 12.8. The molecule has 2 aromatic rings. The fourth-order valence-electron chi connectivity index (χ4n) is 1.83. The number of anilines is 1. The average Bonchev–Trinajstić information content (AvgIpc) is 2.45. The summed E-state index contributed by atoms with van der Waals surface area (Å²) in [5, 5.41) is 12.8. The van der Waals surface area contributed by atoms with Gasteiger partial charge in [0.2, 0.25) is 0 Å². The van der Waals surface area contributed by atoms with Crippen molar-refractivity contribution in [3.63, 3.8) is 0 Å². The topological polar surface area (TPSA) is 58.0 Å². The van der Waals surface area contributed by atoms with Crippen LogP contribution in [0.1, 0.15) is 5.56 Å². The van der Waals surface area contributed by atoms with Crippen molar-refractivity contribution in [2.24, 2.45) is 5.92 Å². The molecule has 0 fully saturated rings. The maximum Gasteiger partial charge on any atom is 0.149 e. The van der Waals surface area contributed by atoms with Gasteiger partial charge in [0.1, 0.15) is 16.8 Å². The molecule has 0 spiro atoms. The summed E-state index contributed by atoms with van der Waals surface area (Å²) >= 11 is 5.74. The highest BCUT2D eigenvalue weighted by atomic mass is 35.5. The maximum atomic E-state index is 12.8. The van der Waals surface area contributed by atoms with E-state index in [2.05, 4.69) is 15.3 Å². The molecule has 4 nitrogen and oxygen atoms in total. The number of hydrogen-bond donors (Lipinski definition) is 2. The van der Waals surface area contributed by atoms with Crippen LogP contribution in [0.4, 0.5) is 10.2 Å². The lowest BCUT2D eigenvalue weighted by Crippen LogP contribution is -2.20. The van der Waals surface area contributed by atoms with E-state index in [-0.39, 0.29) is 18.3 Å². The molecule has 0 aliphatic heterocycles. The van der Waals surface area contributed by atoms with Gasteiger partial charge in [0.05, 0.1) is 12.4 Å². The lowest BCUT2D eigenvalue weighted by atomic mass is 10.00. The van der Waals surface area contributed by atoms with Gasteiger partial charge in [-0.15, -0.1) is 0 Å². The van der Waals surface area contributed by atoms with E-state index >= 15 is 0 Å². The molecule has 1 atom stereocenters. The second-order valence-corrected chi connectivity index (χ2v) is 4.87. The SMILES string of the molecule is OC[C@@H](CNc1cncc(Cl)n1)Cc1ccc(F)cc1. The van der Waals surface area contributed by atoms with Crippen LogP contribution < -0.4 is 5.32 Å². The molecule has 0 amide bonds. The van der Waals surface area contributed by atoms with Crippen molar-refractivity contribution in [3.05, 3.63) is 53.2 Å². The Morgan fingerprint density at radius 1 is 1.25 bits per heavy atom.